The van der Waals surface area contributed by atoms with Crippen molar-refractivity contribution in [2.45, 2.75) is 58.3 Å². The minimum absolute atomic E-state index is 0.0677. The zero-order valence-electron chi connectivity index (χ0n) is 17.7. The lowest BCUT2D eigenvalue weighted by molar-refractivity contribution is -0.129. The van der Waals surface area contributed by atoms with E-state index in [0.717, 1.165) is 48.9 Å². The lowest BCUT2D eigenvalue weighted by Gasteiger charge is -2.48. The highest BCUT2D eigenvalue weighted by molar-refractivity contribution is 5.87. The van der Waals surface area contributed by atoms with Crippen LogP contribution in [0.4, 0.5) is 11.7 Å². The lowest BCUT2D eigenvalue weighted by atomic mass is 9.55. The summed E-state index contributed by atoms with van der Waals surface area (Å²) >= 11 is 0. The number of Topliss-reactive ketones (excluding diaryl/α,β-unsaturated/α-hetero) is 1. The van der Waals surface area contributed by atoms with E-state index in [1.807, 2.05) is 12.1 Å². The van der Waals surface area contributed by atoms with Crippen LogP contribution in [0.1, 0.15) is 61.6 Å². The molecule has 0 spiro atoms. The number of anilines is 2. The molecule has 2 aromatic carbocycles. The molecule has 3 aliphatic rings. The van der Waals surface area contributed by atoms with Crippen molar-refractivity contribution in [3.63, 3.8) is 0 Å². The van der Waals surface area contributed by atoms with Crippen molar-refractivity contribution >= 4 is 28.6 Å². The molecule has 0 amide bonds. The number of hydrogen-bond acceptors (Lipinski definition) is 4. The minimum Gasteiger partial charge on any atom is -0.423 e. The molecule has 3 aromatic rings. The Morgan fingerprint density at radius 2 is 1.93 bits per heavy atom. The highest BCUT2D eigenvalue weighted by Gasteiger charge is 2.54. The van der Waals surface area contributed by atoms with Gasteiger partial charge in [0.15, 0.2) is 5.58 Å². The number of rotatable bonds is 2. The third-order valence-electron chi connectivity index (χ3n) is 8.24. The van der Waals surface area contributed by atoms with Gasteiger partial charge in [0, 0.05) is 17.5 Å². The summed E-state index contributed by atoms with van der Waals surface area (Å²) < 4.78 is 6.04. The van der Waals surface area contributed by atoms with E-state index in [9.17, 15) is 4.79 Å². The highest BCUT2D eigenvalue weighted by atomic mass is 16.4. The second-order valence-corrected chi connectivity index (χ2v) is 9.86. The Kier molecular flexibility index (Phi) is 3.90. The fraction of sp³-hybridized carbons (Fsp3) is 0.462. The van der Waals surface area contributed by atoms with Gasteiger partial charge in [0.05, 0.1) is 0 Å². The SMILES string of the molecule is Cc1ccc(Nc2nc3cc4c(cc3o2)CC[C@@H]2[C@@H]4CC[C@]3(C)C(=O)CC[C@@H]23)cc1. The van der Waals surface area contributed by atoms with E-state index >= 15 is 0 Å². The van der Waals surface area contributed by atoms with Crippen molar-refractivity contribution in [3.05, 3.63) is 53.1 Å². The first-order valence-electron chi connectivity index (χ1n) is 11.3. The molecule has 30 heavy (non-hydrogen) atoms. The molecule has 1 heterocycles. The molecule has 154 valence electrons. The molecule has 2 fully saturated rings. The number of aryl methyl sites for hydroxylation is 2. The molecular formula is C26H28N2O2. The minimum atomic E-state index is -0.0677. The maximum Gasteiger partial charge on any atom is 0.300 e. The van der Waals surface area contributed by atoms with Gasteiger partial charge in [0.2, 0.25) is 0 Å². The number of benzene rings is 2. The van der Waals surface area contributed by atoms with Gasteiger partial charge in [0.1, 0.15) is 11.3 Å². The van der Waals surface area contributed by atoms with Gasteiger partial charge in [-0.25, -0.2) is 0 Å². The van der Waals surface area contributed by atoms with Gasteiger partial charge < -0.3 is 9.73 Å². The maximum absolute atomic E-state index is 12.6. The Morgan fingerprint density at radius 1 is 1.10 bits per heavy atom. The first-order valence-corrected chi connectivity index (χ1v) is 11.3. The molecule has 3 aliphatic carbocycles. The van der Waals surface area contributed by atoms with Crippen LogP contribution in [-0.2, 0) is 11.2 Å². The molecule has 0 aliphatic heterocycles. The van der Waals surface area contributed by atoms with Crippen molar-refractivity contribution in [3.8, 4) is 0 Å². The molecule has 4 atom stereocenters. The Morgan fingerprint density at radius 3 is 2.77 bits per heavy atom. The molecule has 1 aromatic heterocycles. The zero-order valence-corrected chi connectivity index (χ0v) is 17.7. The molecule has 4 nitrogen and oxygen atoms in total. The zero-order chi connectivity index (χ0) is 20.5. The first-order chi connectivity index (χ1) is 14.5. The van der Waals surface area contributed by atoms with Crippen molar-refractivity contribution in [2.24, 2.45) is 17.3 Å². The van der Waals surface area contributed by atoms with E-state index in [0.29, 0.717) is 29.6 Å². The van der Waals surface area contributed by atoms with Gasteiger partial charge in [-0.3, -0.25) is 4.79 Å². The van der Waals surface area contributed by atoms with Crippen molar-refractivity contribution in [2.75, 3.05) is 5.32 Å². The molecule has 4 heteroatoms. The Balaban J connectivity index is 1.33. The molecule has 0 saturated heterocycles. The fourth-order valence-corrected chi connectivity index (χ4v) is 6.58. The van der Waals surface area contributed by atoms with Crippen LogP contribution in [0.3, 0.4) is 0 Å². The predicted molar refractivity (Wildman–Crippen MR) is 118 cm³/mol. The summed E-state index contributed by atoms with van der Waals surface area (Å²) in [7, 11) is 0. The van der Waals surface area contributed by atoms with Gasteiger partial charge in [-0.1, -0.05) is 24.6 Å². The summed E-state index contributed by atoms with van der Waals surface area (Å²) in [6, 6.07) is 13.3. The van der Waals surface area contributed by atoms with Crippen LogP contribution in [0.25, 0.3) is 11.1 Å². The van der Waals surface area contributed by atoms with E-state index in [4.69, 9.17) is 9.40 Å². The predicted octanol–water partition coefficient (Wildman–Crippen LogP) is 6.31. The van der Waals surface area contributed by atoms with Gasteiger partial charge in [-0.2, -0.15) is 4.98 Å². The first kappa shape index (κ1) is 18.2. The third kappa shape index (κ3) is 2.65. The number of hydrogen-bond donors (Lipinski definition) is 1. The Labute approximate surface area is 177 Å². The van der Waals surface area contributed by atoms with E-state index in [1.165, 1.54) is 23.1 Å². The highest BCUT2D eigenvalue weighted by Crippen LogP contribution is 2.59. The number of carbonyl (C=O) groups is 1. The molecular weight excluding hydrogens is 372 g/mol. The number of carbonyl (C=O) groups excluding carboxylic acids is 1. The van der Waals surface area contributed by atoms with E-state index in [2.05, 4.69) is 43.4 Å². The summed E-state index contributed by atoms with van der Waals surface area (Å²) in [5.74, 6) is 2.27. The van der Waals surface area contributed by atoms with Crippen LogP contribution in [0.5, 0.6) is 0 Å². The van der Waals surface area contributed by atoms with Gasteiger partial charge in [0.25, 0.3) is 6.01 Å². The lowest BCUT2D eigenvalue weighted by Crippen LogP contribution is -2.42. The summed E-state index contributed by atoms with van der Waals surface area (Å²) in [5, 5.41) is 3.29. The van der Waals surface area contributed by atoms with Crippen LogP contribution >= 0.6 is 0 Å². The summed E-state index contributed by atoms with van der Waals surface area (Å²) in [5.41, 5.74) is 6.80. The number of oxazole rings is 1. The Bertz CT molecular complexity index is 1150. The quantitative estimate of drug-likeness (QED) is 0.548. The monoisotopic (exact) mass is 400 g/mol. The van der Waals surface area contributed by atoms with Crippen LogP contribution in [0.2, 0.25) is 0 Å². The molecule has 6 rings (SSSR count). The van der Waals surface area contributed by atoms with E-state index < -0.39 is 0 Å². The van der Waals surface area contributed by atoms with Crippen LogP contribution in [0, 0.1) is 24.2 Å². The average Bonchev–Trinajstić information content (AvgIpc) is 3.27. The smallest absolute Gasteiger partial charge is 0.300 e. The number of aromatic nitrogens is 1. The van der Waals surface area contributed by atoms with Gasteiger partial charge in [-0.15, -0.1) is 0 Å². The number of fused-ring (bicyclic) bond motifs is 6. The number of nitrogens with zero attached hydrogens (tertiary/aromatic N) is 1. The van der Waals surface area contributed by atoms with Gasteiger partial charge >= 0.3 is 0 Å². The standard InChI is InChI=1S/C26H28N2O2/c1-15-3-6-17(7-4-15)27-25-28-22-14-20-16(13-23(22)30-25)5-8-19-18(20)11-12-26(2)21(19)9-10-24(26)29/h3-4,6-7,13-14,18-19,21H,5,8-12H2,1-2H3,(H,27,28)/t18-,19+,21-,26-/m0/s1. The molecule has 0 unspecified atom stereocenters. The topological polar surface area (TPSA) is 55.1 Å². The molecule has 0 radical (unpaired) electrons. The van der Waals surface area contributed by atoms with Crippen molar-refractivity contribution in [1.82, 2.24) is 4.98 Å². The van der Waals surface area contributed by atoms with E-state index in [1.54, 1.807) is 0 Å². The maximum atomic E-state index is 12.6. The van der Waals surface area contributed by atoms with E-state index in [-0.39, 0.29) is 5.41 Å². The van der Waals surface area contributed by atoms with Crippen molar-refractivity contribution in [1.29, 1.82) is 0 Å². The summed E-state index contributed by atoms with van der Waals surface area (Å²) in [6.45, 7) is 4.32. The summed E-state index contributed by atoms with van der Waals surface area (Å²) in [6.07, 6.45) is 6.30. The second kappa shape index (κ2) is 6.44. The second-order valence-electron chi connectivity index (χ2n) is 9.86. The fourth-order valence-electron chi connectivity index (χ4n) is 6.58. The number of nitrogens with one attached hydrogen (secondary N) is 1. The number of ketones is 1. The van der Waals surface area contributed by atoms with Crippen LogP contribution in [0.15, 0.2) is 40.8 Å². The van der Waals surface area contributed by atoms with Crippen molar-refractivity contribution < 1.29 is 9.21 Å². The van der Waals surface area contributed by atoms with Gasteiger partial charge in [-0.05, 0) is 92.2 Å². The van der Waals surface area contributed by atoms with Crippen LogP contribution in [-0.4, -0.2) is 10.8 Å². The molecule has 2 saturated carbocycles. The molecule has 0 bridgehead atoms. The normalized spacial score (nSPS) is 30.1. The Hall–Kier alpha value is -2.62. The third-order valence-corrected chi connectivity index (χ3v) is 8.24. The average molecular weight is 401 g/mol. The molecule has 1 N–H and O–H groups in total. The largest absolute Gasteiger partial charge is 0.423 e. The van der Waals surface area contributed by atoms with Crippen LogP contribution < -0.4 is 5.32 Å². The summed E-state index contributed by atoms with van der Waals surface area (Å²) in [4.78, 5) is 17.3.